The molecule has 0 unspecified atom stereocenters. The second-order valence-electron chi connectivity index (χ2n) is 5.17. The van der Waals surface area contributed by atoms with Crippen molar-refractivity contribution in [3.05, 3.63) is 47.0 Å². The number of halogens is 1. The van der Waals surface area contributed by atoms with E-state index in [1.54, 1.807) is 14.1 Å². The van der Waals surface area contributed by atoms with Crippen LogP contribution in [0.4, 0.5) is 4.39 Å². The Kier molecular flexibility index (Phi) is 4.43. The number of nitrogens with two attached hydrogens (primary N) is 1. The fourth-order valence-corrected chi connectivity index (χ4v) is 2.80. The van der Waals surface area contributed by atoms with Gasteiger partial charge in [-0.25, -0.2) is 4.39 Å². The molecule has 1 heterocycles. The molecule has 1 aliphatic rings. The van der Waals surface area contributed by atoms with E-state index in [9.17, 15) is 14.4 Å². The van der Waals surface area contributed by atoms with Crippen LogP contribution in [0.15, 0.2) is 35.7 Å². The Morgan fingerprint density at radius 1 is 1.41 bits per heavy atom. The highest BCUT2D eigenvalue weighted by Crippen LogP contribution is 2.37. The Balaban J connectivity index is 2.60. The van der Waals surface area contributed by atoms with Crippen molar-refractivity contribution < 1.29 is 9.18 Å². The summed E-state index contributed by atoms with van der Waals surface area (Å²) in [5.74, 6) is -1.89. The second kappa shape index (κ2) is 6.12. The highest BCUT2D eigenvalue weighted by Gasteiger charge is 2.41. The van der Waals surface area contributed by atoms with Gasteiger partial charge in [0.2, 0.25) is 5.91 Å². The number of benzene rings is 1. The summed E-state index contributed by atoms with van der Waals surface area (Å²) in [6.45, 7) is 0. The zero-order valence-electron chi connectivity index (χ0n) is 12.1. The van der Waals surface area contributed by atoms with Gasteiger partial charge in [-0.05, 0) is 17.7 Å². The summed E-state index contributed by atoms with van der Waals surface area (Å²) >= 11 is 5.25. The quantitative estimate of drug-likeness (QED) is 0.802. The third-order valence-electron chi connectivity index (χ3n) is 3.53. The molecule has 5 nitrogen and oxygen atoms in total. The lowest BCUT2D eigenvalue weighted by molar-refractivity contribution is -0.131. The number of hydrogen-bond acceptors (Lipinski definition) is 4. The van der Waals surface area contributed by atoms with Crippen LogP contribution in [-0.4, -0.2) is 29.9 Å². The number of hydrogen-bond donors (Lipinski definition) is 2. The van der Waals surface area contributed by atoms with Gasteiger partial charge in [0, 0.05) is 20.0 Å². The largest absolute Gasteiger partial charge is 0.384 e. The van der Waals surface area contributed by atoms with Crippen LogP contribution in [0.25, 0.3) is 0 Å². The van der Waals surface area contributed by atoms with Crippen LogP contribution in [0.3, 0.4) is 0 Å². The van der Waals surface area contributed by atoms with E-state index in [1.165, 1.54) is 29.2 Å². The van der Waals surface area contributed by atoms with Crippen molar-refractivity contribution in [1.29, 1.82) is 5.26 Å². The molecule has 0 aliphatic carbocycles. The van der Waals surface area contributed by atoms with E-state index < -0.39 is 17.7 Å². The predicted octanol–water partition coefficient (Wildman–Crippen LogP) is 1.24. The van der Waals surface area contributed by atoms with Crippen molar-refractivity contribution in [1.82, 2.24) is 10.2 Å². The lowest BCUT2D eigenvalue weighted by Crippen LogP contribution is -2.48. The third kappa shape index (κ3) is 2.78. The first kappa shape index (κ1) is 15.9. The maximum atomic E-state index is 13.2. The molecule has 7 heteroatoms. The number of amides is 1. The van der Waals surface area contributed by atoms with Crippen LogP contribution in [0.2, 0.25) is 0 Å². The van der Waals surface area contributed by atoms with Gasteiger partial charge in [0.1, 0.15) is 17.6 Å². The Morgan fingerprint density at radius 2 is 2.00 bits per heavy atom. The normalized spacial score (nSPS) is 21.1. The Bertz CT molecular complexity index is 690. The van der Waals surface area contributed by atoms with Crippen molar-refractivity contribution in [3.63, 3.8) is 0 Å². The molecule has 0 aromatic heterocycles. The SMILES string of the molecule is CN(C)C(=O)[C@H]1C(=S)NC(N)=C(C#N)[C@H]1c1ccc(F)cc1. The number of thiocarbonyl (C=S) groups is 1. The summed E-state index contributed by atoms with van der Waals surface area (Å²) in [5.41, 5.74) is 6.67. The summed E-state index contributed by atoms with van der Waals surface area (Å²) in [4.78, 5) is 14.1. The second-order valence-corrected chi connectivity index (χ2v) is 5.61. The van der Waals surface area contributed by atoms with Gasteiger partial charge in [-0.3, -0.25) is 4.79 Å². The van der Waals surface area contributed by atoms with Crippen LogP contribution in [-0.2, 0) is 4.79 Å². The van der Waals surface area contributed by atoms with Crippen LogP contribution in [0, 0.1) is 23.1 Å². The van der Waals surface area contributed by atoms with Gasteiger partial charge in [-0.2, -0.15) is 5.26 Å². The predicted molar refractivity (Wildman–Crippen MR) is 83.9 cm³/mol. The summed E-state index contributed by atoms with van der Waals surface area (Å²) in [7, 11) is 3.22. The highest BCUT2D eigenvalue weighted by atomic mass is 32.1. The molecule has 0 spiro atoms. The molecule has 1 aromatic carbocycles. The van der Waals surface area contributed by atoms with Gasteiger partial charge in [-0.15, -0.1) is 0 Å². The number of allylic oxidation sites excluding steroid dienone is 1. The Morgan fingerprint density at radius 3 is 2.50 bits per heavy atom. The Hall–Kier alpha value is -2.46. The van der Waals surface area contributed by atoms with Gasteiger partial charge in [0.15, 0.2) is 0 Å². The van der Waals surface area contributed by atoms with E-state index in [2.05, 4.69) is 5.32 Å². The lowest BCUT2D eigenvalue weighted by atomic mass is 9.77. The minimum atomic E-state index is -0.752. The number of carbonyl (C=O) groups is 1. The fraction of sp³-hybridized carbons (Fsp3) is 0.267. The molecule has 114 valence electrons. The zero-order chi connectivity index (χ0) is 16.4. The standard InChI is InChI=1S/C15H15FN4OS/c1-20(2)15(21)12-11(8-3-5-9(16)6-4-8)10(7-17)13(18)19-14(12)22/h3-6,11-12H,18H2,1-2H3,(H,19,22)/t11-,12-/m1/s1. The number of nitrogens with one attached hydrogen (secondary N) is 1. The van der Waals surface area contributed by atoms with Crippen molar-refractivity contribution >= 4 is 23.1 Å². The molecular formula is C15H15FN4OS. The summed E-state index contributed by atoms with van der Waals surface area (Å²) in [6, 6.07) is 7.66. The van der Waals surface area contributed by atoms with Crippen LogP contribution in [0.5, 0.6) is 0 Å². The lowest BCUT2D eigenvalue weighted by Gasteiger charge is -2.34. The topological polar surface area (TPSA) is 82.2 Å². The molecule has 3 N–H and O–H groups in total. The smallest absolute Gasteiger partial charge is 0.233 e. The maximum absolute atomic E-state index is 13.2. The molecule has 0 saturated heterocycles. The average molecular weight is 318 g/mol. The van der Waals surface area contributed by atoms with Crippen LogP contribution >= 0.6 is 12.2 Å². The first-order valence-electron chi connectivity index (χ1n) is 6.54. The highest BCUT2D eigenvalue weighted by molar-refractivity contribution is 7.80. The van der Waals surface area contributed by atoms with E-state index in [0.29, 0.717) is 5.56 Å². The summed E-state index contributed by atoms with van der Waals surface area (Å²) in [5, 5.41) is 12.1. The number of rotatable bonds is 2. The van der Waals surface area contributed by atoms with Gasteiger partial charge < -0.3 is 16.0 Å². The maximum Gasteiger partial charge on any atom is 0.233 e. The average Bonchev–Trinajstić information content (AvgIpc) is 2.46. The van der Waals surface area contributed by atoms with Gasteiger partial charge in [-0.1, -0.05) is 24.4 Å². The molecule has 2 atom stereocenters. The number of carbonyl (C=O) groups excluding carboxylic acids is 1. The van der Waals surface area contributed by atoms with E-state index >= 15 is 0 Å². The molecule has 1 aromatic rings. The molecule has 2 rings (SSSR count). The van der Waals surface area contributed by atoms with Crippen molar-refractivity contribution in [2.24, 2.45) is 11.7 Å². The molecule has 22 heavy (non-hydrogen) atoms. The molecule has 0 fully saturated rings. The van der Waals surface area contributed by atoms with E-state index in [-0.39, 0.29) is 22.3 Å². The Labute approximate surface area is 133 Å². The number of nitrogens with zero attached hydrogens (tertiary/aromatic N) is 2. The molecule has 1 aliphatic heterocycles. The van der Waals surface area contributed by atoms with E-state index in [1.807, 2.05) is 6.07 Å². The van der Waals surface area contributed by atoms with Crippen molar-refractivity contribution in [3.8, 4) is 6.07 Å². The van der Waals surface area contributed by atoms with E-state index in [0.717, 1.165) is 0 Å². The third-order valence-corrected chi connectivity index (χ3v) is 3.89. The fourth-order valence-electron chi connectivity index (χ4n) is 2.46. The number of nitriles is 1. The van der Waals surface area contributed by atoms with Crippen molar-refractivity contribution in [2.75, 3.05) is 14.1 Å². The van der Waals surface area contributed by atoms with Gasteiger partial charge in [0.05, 0.1) is 16.6 Å². The van der Waals surface area contributed by atoms with Crippen molar-refractivity contribution in [2.45, 2.75) is 5.92 Å². The molecule has 1 amide bonds. The summed E-state index contributed by atoms with van der Waals surface area (Å²) in [6.07, 6.45) is 0. The molecular weight excluding hydrogens is 303 g/mol. The van der Waals surface area contributed by atoms with Crippen LogP contribution < -0.4 is 11.1 Å². The van der Waals surface area contributed by atoms with Gasteiger partial charge in [0.25, 0.3) is 0 Å². The molecule has 0 saturated carbocycles. The molecule has 0 radical (unpaired) electrons. The molecule has 0 bridgehead atoms. The minimum absolute atomic E-state index is 0.129. The zero-order valence-corrected chi connectivity index (χ0v) is 12.9. The van der Waals surface area contributed by atoms with E-state index in [4.69, 9.17) is 18.0 Å². The first-order chi connectivity index (χ1) is 10.4. The minimum Gasteiger partial charge on any atom is -0.384 e. The van der Waals surface area contributed by atoms with Crippen LogP contribution in [0.1, 0.15) is 11.5 Å². The van der Waals surface area contributed by atoms with Gasteiger partial charge >= 0.3 is 0 Å². The first-order valence-corrected chi connectivity index (χ1v) is 6.95. The summed E-state index contributed by atoms with van der Waals surface area (Å²) < 4.78 is 13.2. The monoisotopic (exact) mass is 318 g/mol.